The van der Waals surface area contributed by atoms with Gasteiger partial charge in [0.25, 0.3) is 0 Å². The van der Waals surface area contributed by atoms with Gasteiger partial charge in [-0.3, -0.25) is 0 Å². The van der Waals surface area contributed by atoms with Gasteiger partial charge in [-0.2, -0.15) is 0 Å². The molecule has 68 valence electrons. The Balaban J connectivity index is 2.78. The lowest BCUT2D eigenvalue weighted by Gasteiger charge is -2.02. The zero-order valence-electron chi connectivity index (χ0n) is 7.52. The van der Waals surface area contributed by atoms with Crippen molar-refractivity contribution in [2.75, 3.05) is 7.11 Å². The molecule has 0 spiro atoms. The highest BCUT2D eigenvalue weighted by Crippen LogP contribution is 2.32. The summed E-state index contributed by atoms with van der Waals surface area (Å²) in [4.78, 5) is 3.27. The van der Waals surface area contributed by atoms with Crippen molar-refractivity contribution in [2.24, 2.45) is 0 Å². The number of aromatic nitrogens is 1. The zero-order chi connectivity index (χ0) is 9.42. The molecule has 0 atom stereocenters. The first-order valence-electron chi connectivity index (χ1n) is 4.04. The van der Waals surface area contributed by atoms with E-state index in [1.807, 2.05) is 19.1 Å². The molecule has 0 saturated carbocycles. The molecule has 0 bridgehead atoms. The minimum Gasteiger partial charge on any atom is -0.495 e. The largest absolute Gasteiger partial charge is 0.495 e. The molecule has 1 N–H and O–H groups in total. The number of fused-ring (bicyclic) bond motifs is 1. The Morgan fingerprint density at radius 2 is 2.15 bits per heavy atom. The third-order valence-corrected chi connectivity index (χ3v) is 2.84. The van der Waals surface area contributed by atoms with Gasteiger partial charge in [-0.25, -0.2) is 0 Å². The number of hydrogen-bond acceptors (Lipinski definition) is 1. The quantitative estimate of drug-likeness (QED) is 0.813. The maximum Gasteiger partial charge on any atom is 0.135 e. The molecule has 2 aromatic rings. The highest BCUT2D eigenvalue weighted by atomic mass is 79.9. The molecular formula is C10H10BrNO. The van der Waals surface area contributed by atoms with Crippen LogP contribution in [0.3, 0.4) is 0 Å². The van der Waals surface area contributed by atoms with Gasteiger partial charge in [-0.15, -0.1) is 0 Å². The molecule has 0 aliphatic heterocycles. The highest BCUT2D eigenvalue weighted by Gasteiger charge is 2.06. The van der Waals surface area contributed by atoms with E-state index in [1.54, 1.807) is 7.11 Å². The third-order valence-electron chi connectivity index (χ3n) is 2.05. The smallest absolute Gasteiger partial charge is 0.135 e. The maximum atomic E-state index is 5.20. The molecule has 0 aliphatic carbocycles. The summed E-state index contributed by atoms with van der Waals surface area (Å²) in [6.45, 7) is 2.04. The average molecular weight is 240 g/mol. The van der Waals surface area contributed by atoms with Gasteiger partial charge in [0, 0.05) is 11.1 Å². The van der Waals surface area contributed by atoms with Crippen LogP contribution in [0.2, 0.25) is 0 Å². The van der Waals surface area contributed by atoms with E-state index in [0.29, 0.717) is 0 Å². The Kier molecular flexibility index (Phi) is 2.04. The van der Waals surface area contributed by atoms with Crippen molar-refractivity contribution in [1.82, 2.24) is 4.98 Å². The fourth-order valence-corrected chi connectivity index (χ4v) is 2.07. The lowest BCUT2D eigenvalue weighted by molar-refractivity contribution is 0.413. The third kappa shape index (κ3) is 1.33. The summed E-state index contributed by atoms with van der Waals surface area (Å²) in [5, 5.41) is 1.20. The van der Waals surface area contributed by atoms with E-state index in [4.69, 9.17) is 4.74 Å². The number of ether oxygens (including phenoxy) is 1. The van der Waals surface area contributed by atoms with Crippen LogP contribution in [0.4, 0.5) is 0 Å². The van der Waals surface area contributed by atoms with E-state index in [-0.39, 0.29) is 0 Å². The van der Waals surface area contributed by atoms with Crippen LogP contribution in [0.5, 0.6) is 5.75 Å². The number of aromatic amines is 1. The number of halogens is 1. The van der Waals surface area contributed by atoms with E-state index in [9.17, 15) is 0 Å². The Labute approximate surface area is 85.0 Å². The SMILES string of the molecule is COc1ccc2cc(C)[nH]c2c1Br. The Morgan fingerprint density at radius 3 is 2.85 bits per heavy atom. The lowest BCUT2D eigenvalue weighted by Crippen LogP contribution is -1.84. The summed E-state index contributed by atoms with van der Waals surface area (Å²) >= 11 is 3.50. The molecule has 2 rings (SSSR count). The normalized spacial score (nSPS) is 10.7. The second-order valence-electron chi connectivity index (χ2n) is 3.00. The second kappa shape index (κ2) is 3.07. The topological polar surface area (TPSA) is 25.0 Å². The summed E-state index contributed by atoms with van der Waals surface area (Å²) < 4.78 is 6.18. The number of H-pyrrole nitrogens is 1. The Morgan fingerprint density at radius 1 is 1.38 bits per heavy atom. The highest BCUT2D eigenvalue weighted by molar-refractivity contribution is 9.10. The molecule has 0 fully saturated rings. The van der Waals surface area contributed by atoms with Crippen LogP contribution in [0.15, 0.2) is 22.7 Å². The molecule has 0 unspecified atom stereocenters. The van der Waals surface area contributed by atoms with Crippen molar-refractivity contribution >= 4 is 26.8 Å². The van der Waals surface area contributed by atoms with E-state index in [2.05, 4.69) is 27.0 Å². The van der Waals surface area contributed by atoms with Gasteiger partial charge in [0.15, 0.2) is 0 Å². The zero-order valence-corrected chi connectivity index (χ0v) is 9.10. The first-order valence-corrected chi connectivity index (χ1v) is 4.83. The van der Waals surface area contributed by atoms with E-state index < -0.39 is 0 Å². The molecule has 1 aromatic heterocycles. The summed E-state index contributed by atoms with van der Waals surface area (Å²) in [5.74, 6) is 0.856. The number of hydrogen-bond donors (Lipinski definition) is 1. The van der Waals surface area contributed by atoms with Gasteiger partial charge < -0.3 is 9.72 Å². The number of nitrogens with one attached hydrogen (secondary N) is 1. The van der Waals surface area contributed by atoms with Crippen molar-refractivity contribution in [3.05, 3.63) is 28.4 Å². The Bertz CT molecular complexity index is 447. The minimum absolute atomic E-state index is 0.856. The van der Waals surface area contributed by atoms with Gasteiger partial charge in [-0.1, -0.05) is 0 Å². The second-order valence-corrected chi connectivity index (χ2v) is 3.79. The minimum atomic E-state index is 0.856. The lowest BCUT2D eigenvalue weighted by atomic mass is 10.2. The molecule has 3 heteroatoms. The molecule has 0 radical (unpaired) electrons. The predicted molar refractivity (Wildman–Crippen MR) is 57.3 cm³/mol. The number of rotatable bonds is 1. The van der Waals surface area contributed by atoms with E-state index in [1.165, 1.54) is 5.39 Å². The van der Waals surface area contributed by atoms with E-state index in [0.717, 1.165) is 21.4 Å². The average Bonchev–Trinajstić information content (AvgIpc) is 2.47. The van der Waals surface area contributed by atoms with Crippen LogP contribution in [0.1, 0.15) is 5.69 Å². The molecule has 1 aromatic carbocycles. The van der Waals surface area contributed by atoms with Crippen LogP contribution in [-0.4, -0.2) is 12.1 Å². The standard InChI is InChI=1S/C10H10BrNO/c1-6-5-7-3-4-8(13-2)9(11)10(7)12-6/h3-5,12H,1-2H3. The Hall–Kier alpha value is -0.960. The number of aryl methyl sites for hydroxylation is 1. The molecule has 0 aliphatic rings. The number of benzene rings is 1. The first-order chi connectivity index (χ1) is 6.22. The van der Waals surface area contributed by atoms with Gasteiger partial charge in [-0.05, 0) is 41.1 Å². The van der Waals surface area contributed by atoms with Crippen LogP contribution >= 0.6 is 15.9 Å². The first kappa shape index (κ1) is 8.63. The summed E-state index contributed by atoms with van der Waals surface area (Å²) in [6, 6.07) is 6.11. The fourth-order valence-electron chi connectivity index (χ4n) is 1.44. The van der Waals surface area contributed by atoms with Crippen molar-refractivity contribution in [3.63, 3.8) is 0 Å². The van der Waals surface area contributed by atoms with Crippen LogP contribution in [-0.2, 0) is 0 Å². The fraction of sp³-hybridized carbons (Fsp3) is 0.200. The van der Waals surface area contributed by atoms with Crippen molar-refractivity contribution in [1.29, 1.82) is 0 Å². The monoisotopic (exact) mass is 239 g/mol. The van der Waals surface area contributed by atoms with Crippen molar-refractivity contribution in [3.8, 4) is 5.75 Å². The van der Waals surface area contributed by atoms with Crippen molar-refractivity contribution in [2.45, 2.75) is 6.92 Å². The number of methoxy groups -OCH3 is 1. The maximum absolute atomic E-state index is 5.20. The molecule has 1 heterocycles. The van der Waals surface area contributed by atoms with E-state index >= 15 is 0 Å². The molecule has 0 amide bonds. The summed E-state index contributed by atoms with van der Waals surface area (Å²) in [7, 11) is 1.67. The van der Waals surface area contributed by atoms with Gasteiger partial charge in [0.2, 0.25) is 0 Å². The summed E-state index contributed by atoms with van der Waals surface area (Å²) in [6.07, 6.45) is 0. The molecule has 0 saturated heterocycles. The van der Waals surface area contributed by atoms with Crippen LogP contribution in [0.25, 0.3) is 10.9 Å². The van der Waals surface area contributed by atoms with Crippen molar-refractivity contribution < 1.29 is 4.74 Å². The van der Waals surface area contributed by atoms with Crippen LogP contribution < -0.4 is 4.74 Å². The van der Waals surface area contributed by atoms with Gasteiger partial charge in [0.05, 0.1) is 17.1 Å². The van der Waals surface area contributed by atoms with Gasteiger partial charge in [0.1, 0.15) is 5.75 Å². The molecule has 13 heavy (non-hydrogen) atoms. The predicted octanol–water partition coefficient (Wildman–Crippen LogP) is 3.25. The van der Waals surface area contributed by atoms with Crippen LogP contribution in [0, 0.1) is 6.92 Å². The van der Waals surface area contributed by atoms with Gasteiger partial charge >= 0.3 is 0 Å². The molecular weight excluding hydrogens is 230 g/mol. The molecule has 2 nitrogen and oxygen atoms in total. The summed E-state index contributed by atoms with van der Waals surface area (Å²) in [5.41, 5.74) is 2.25.